The molecule has 0 amide bonds. The highest BCUT2D eigenvalue weighted by molar-refractivity contribution is 6.73. The summed E-state index contributed by atoms with van der Waals surface area (Å²) < 4.78 is 11.6. The van der Waals surface area contributed by atoms with Crippen LogP contribution in [0, 0.1) is 5.92 Å². The van der Waals surface area contributed by atoms with E-state index in [4.69, 9.17) is 9.16 Å². The molecule has 1 saturated heterocycles. The lowest BCUT2D eigenvalue weighted by Crippen LogP contribution is -2.44. The first-order valence-electron chi connectivity index (χ1n) is 6.38. The summed E-state index contributed by atoms with van der Waals surface area (Å²) in [4.78, 5) is 11.5. The van der Waals surface area contributed by atoms with Crippen molar-refractivity contribution in [3.8, 4) is 0 Å². The minimum absolute atomic E-state index is 0.0287. The average molecular weight is 244 g/mol. The van der Waals surface area contributed by atoms with Gasteiger partial charge in [0.1, 0.15) is 6.10 Å². The van der Waals surface area contributed by atoms with Crippen LogP contribution in [0.15, 0.2) is 0 Å². The quantitative estimate of drug-likeness (QED) is 0.551. The standard InChI is InChI=1S/C12H24O3Si/c1-6-16(7-2,8-3)15-11-9(4)12(13)14-10(11)5/h9-11H,6-8H2,1-5H3/t9-,10+,11-/m0/s1. The maximum absolute atomic E-state index is 11.5. The molecule has 0 aromatic heterocycles. The Labute approximate surface area is 99.6 Å². The highest BCUT2D eigenvalue weighted by atomic mass is 28.4. The van der Waals surface area contributed by atoms with E-state index < -0.39 is 8.32 Å². The predicted octanol–water partition coefficient (Wildman–Crippen LogP) is 2.96. The van der Waals surface area contributed by atoms with Crippen LogP contribution in [0.25, 0.3) is 0 Å². The summed E-state index contributed by atoms with van der Waals surface area (Å²) in [6, 6.07) is 3.35. The van der Waals surface area contributed by atoms with Crippen LogP contribution in [0.2, 0.25) is 18.1 Å². The van der Waals surface area contributed by atoms with Crippen LogP contribution in [0.3, 0.4) is 0 Å². The van der Waals surface area contributed by atoms with Crippen molar-refractivity contribution < 1.29 is 14.0 Å². The molecule has 16 heavy (non-hydrogen) atoms. The number of rotatable bonds is 5. The third kappa shape index (κ3) is 2.48. The van der Waals surface area contributed by atoms with Gasteiger partial charge in [0.05, 0.1) is 12.0 Å². The summed E-state index contributed by atoms with van der Waals surface area (Å²) in [5, 5.41) is 0. The Hall–Kier alpha value is -0.353. The molecule has 1 aliphatic heterocycles. The van der Waals surface area contributed by atoms with Gasteiger partial charge in [-0.3, -0.25) is 4.79 Å². The Morgan fingerprint density at radius 3 is 2.00 bits per heavy atom. The van der Waals surface area contributed by atoms with Gasteiger partial charge in [0, 0.05) is 0 Å². The van der Waals surface area contributed by atoms with E-state index in [0.29, 0.717) is 0 Å². The number of esters is 1. The fourth-order valence-corrected chi connectivity index (χ4v) is 5.36. The molecule has 0 unspecified atom stereocenters. The van der Waals surface area contributed by atoms with Crippen LogP contribution in [0.1, 0.15) is 34.6 Å². The molecule has 3 nitrogen and oxygen atoms in total. The number of ether oxygens (including phenoxy) is 1. The Kier molecular flexibility index (Phi) is 4.56. The van der Waals surface area contributed by atoms with Crippen molar-refractivity contribution in [2.24, 2.45) is 5.92 Å². The Bertz CT molecular complexity index is 242. The zero-order valence-corrected chi connectivity index (χ0v) is 12.1. The zero-order chi connectivity index (χ0) is 12.3. The van der Waals surface area contributed by atoms with Crippen LogP contribution >= 0.6 is 0 Å². The van der Waals surface area contributed by atoms with E-state index in [0.717, 1.165) is 18.1 Å². The van der Waals surface area contributed by atoms with Gasteiger partial charge in [-0.05, 0) is 32.0 Å². The van der Waals surface area contributed by atoms with Crippen LogP contribution in [0.5, 0.6) is 0 Å². The van der Waals surface area contributed by atoms with Gasteiger partial charge >= 0.3 is 5.97 Å². The highest BCUT2D eigenvalue weighted by Gasteiger charge is 2.44. The molecule has 0 N–H and O–H groups in total. The second-order valence-corrected chi connectivity index (χ2v) is 9.48. The van der Waals surface area contributed by atoms with Crippen molar-refractivity contribution in [3.63, 3.8) is 0 Å². The first kappa shape index (κ1) is 13.7. The molecule has 94 valence electrons. The topological polar surface area (TPSA) is 35.5 Å². The van der Waals surface area contributed by atoms with E-state index in [1.165, 1.54) is 0 Å². The number of cyclic esters (lactones) is 1. The van der Waals surface area contributed by atoms with Crippen LogP contribution in [-0.4, -0.2) is 26.5 Å². The summed E-state index contributed by atoms with van der Waals surface area (Å²) in [5.41, 5.74) is 0. The molecule has 1 heterocycles. The maximum atomic E-state index is 11.5. The third-order valence-electron chi connectivity index (χ3n) is 3.95. The van der Waals surface area contributed by atoms with E-state index in [9.17, 15) is 4.79 Å². The Morgan fingerprint density at radius 1 is 1.19 bits per heavy atom. The van der Waals surface area contributed by atoms with Crippen LogP contribution in [0.4, 0.5) is 0 Å². The molecule has 0 aliphatic carbocycles. The smallest absolute Gasteiger partial charge is 0.311 e. The van der Waals surface area contributed by atoms with Gasteiger partial charge in [0.2, 0.25) is 0 Å². The fraction of sp³-hybridized carbons (Fsp3) is 0.917. The van der Waals surface area contributed by atoms with Gasteiger partial charge in [0.25, 0.3) is 0 Å². The average Bonchev–Trinajstić information content (AvgIpc) is 2.52. The monoisotopic (exact) mass is 244 g/mol. The molecule has 0 radical (unpaired) electrons. The van der Waals surface area contributed by atoms with Crippen LogP contribution < -0.4 is 0 Å². The van der Waals surface area contributed by atoms with E-state index in [1.807, 2.05) is 13.8 Å². The summed E-state index contributed by atoms with van der Waals surface area (Å²) in [6.07, 6.45) is -0.113. The third-order valence-corrected chi connectivity index (χ3v) is 8.59. The first-order valence-corrected chi connectivity index (χ1v) is 8.91. The van der Waals surface area contributed by atoms with E-state index in [1.54, 1.807) is 0 Å². The lowest BCUT2D eigenvalue weighted by molar-refractivity contribution is -0.143. The largest absolute Gasteiger partial charge is 0.460 e. The summed E-state index contributed by atoms with van der Waals surface area (Å²) in [6.45, 7) is 10.5. The summed E-state index contributed by atoms with van der Waals surface area (Å²) >= 11 is 0. The second kappa shape index (κ2) is 5.32. The van der Waals surface area contributed by atoms with E-state index in [-0.39, 0.29) is 24.1 Å². The van der Waals surface area contributed by atoms with Gasteiger partial charge in [-0.15, -0.1) is 0 Å². The lowest BCUT2D eigenvalue weighted by atomic mass is 10.1. The van der Waals surface area contributed by atoms with Crippen molar-refractivity contribution in [3.05, 3.63) is 0 Å². The molecule has 1 fully saturated rings. The fourth-order valence-electron chi connectivity index (χ4n) is 2.38. The van der Waals surface area contributed by atoms with E-state index in [2.05, 4.69) is 20.8 Å². The first-order chi connectivity index (χ1) is 7.49. The maximum Gasteiger partial charge on any atom is 0.311 e. The summed E-state index contributed by atoms with van der Waals surface area (Å²) in [7, 11) is -1.63. The van der Waals surface area contributed by atoms with Gasteiger partial charge in [-0.25, -0.2) is 0 Å². The number of carbonyl (C=O) groups excluding carboxylic acids is 1. The molecule has 4 heteroatoms. The zero-order valence-electron chi connectivity index (χ0n) is 11.1. The van der Waals surface area contributed by atoms with Gasteiger partial charge < -0.3 is 9.16 Å². The lowest BCUT2D eigenvalue weighted by Gasteiger charge is -2.33. The van der Waals surface area contributed by atoms with Gasteiger partial charge in [-0.1, -0.05) is 20.8 Å². The number of hydrogen-bond donors (Lipinski definition) is 0. The normalized spacial score (nSPS) is 30.6. The molecule has 0 aromatic rings. The van der Waals surface area contributed by atoms with Gasteiger partial charge in [0.15, 0.2) is 8.32 Å². The Balaban J connectivity index is 2.75. The molecule has 3 atom stereocenters. The second-order valence-electron chi connectivity index (χ2n) is 4.76. The Morgan fingerprint density at radius 2 is 1.69 bits per heavy atom. The van der Waals surface area contributed by atoms with E-state index >= 15 is 0 Å². The number of carbonyl (C=O) groups is 1. The van der Waals surface area contributed by atoms with Crippen molar-refractivity contribution in [2.45, 2.75) is 65.0 Å². The van der Waals surface area contributed by atoms with Crippen molar-refractivity contribution in [1.82, 2.24) is 0 Å². The minimum atomic E-state index is -1.63. The van der Waals surface area contributed by atoms with Crippen molar-refractivity contribution in [1.29, 1.82) is 0 Å². The molecule has 0 spiro atoms. The minimum Gasteiger partial charge on any atom is -0.460 e. The molecule has 1 aliphatic rings. The SMILES string of the molecule is CC[Si](CC)(CC)O[C@H]1[C@H](C)C(=O)O[C@@H]1C. The summed E-state index contributed by atoms with van der Waals surface area (Å²) in [5.74, 6) is -0.213. The molecule has 0 aromatic carbocycles. The molecule has 0 saturated carbocycles. The molecular weight excluding hydrogens is 220 g/mol. The predicted molar refractivity (Wildman–Crippen MR) is 66.8 cm³/mol. The van der Waals surface area contributed by atoms with Crippen molar-refractivity contribution >= 4 is 14.3 Å². The van der Waals surface area contributed by atoms with Crippen molar-refractivity contribution in [2.75, 3.05) is 0 Å². The highest BCUT2D eigenvalue weighted by Crippen LogP contribution is 2.31. The molecular formula is C12H24O3Si. The van der Waals surface area contributed by atoms with Gasteiger partial charge in [-0.2, -0.15) is 0 Å². The molecule has 1 rings (SSSR count). The van der Waals surface area contributed by atoms with Crippen LogP contribution in [-0.2, 0) is 14.0 Å². The number of hydrogen-bond acceptors (Lipinski definition) is 3. The molecule has 0 bridgehead atoms.